The van der Waals surface area contributed by atoms with E-state index >= 15 is 0 Å². The maximum atomic E-state index is 12.7. The molecule has 4 aliphatic rings. The van der Waals surface area contributed by atoms with E-state index in [2.05, 4.69) is 33.5 Å². The van der Waals surface area contributed by atoms with Crippen LogP contribution in [0.5, 0.6) is 0 Å². The van der Waals surface area contributed by atoms with Crippen molar-refractivity contribution in [3.8, 4) is 0 Å². The van der Waals surface area contributed by atoms with Crippen molar-refractivity contribution < 1.29 is 4.79 Å². The molecule has 0 unspecified atom stereocenters. The summed E-state index contributed by atoms with van der Waals surface area (Å²) < 4.78 is 0. The molecule has 0 aromatic heterocycles. The summed E-state index contributed by atoms with van der Waals surface area (Å²) in [4.78, 5) is 21.6. The third-order valence-electron chi connectivity index (χ3n) is 8.42. The Balaban J connectivity index is 1.57. The summed E-state index contributed by atoms with van der Waals surface area (Å²) in [6, 6.07) is 0. The Morgan fingerprint density at radius 1 is 1.21 bits per heavy atom. The van der Waals surface area contributed by atoms with Crippen LogP contribution < -0.4 is 5.32 Å². The molecule has 0 aromatic rings. The first kappa shape index (κ1) is 24.6. The summed E-state index contributed by atoms with van der Waals surface area (Å²) in [6.07, 6.45) is 9.82. The number of amidine groups is 1. The summed E-state index contributed by atoms with van der Waals surface area (Å²) in [5, 5.41) is 18.1. The topological polar surface area (TPSA) is 87.4 Å². The molecule has 4 rings (SSSR count). The van der Waals surface area contributed by atoms with E-state index in [1.54, 1.807) is 6.92 Å². The number of carbonyl (C=O) groups is 1. The van der Waals surface area contributed by atoms with Crippen LogP contribution in [0.2, 0.25) is 0 Å². The number of nitrogens with one attached hydrogen (secondary N) is 2. The second-order valence-electron chi connectivity index (χ2n) is 10.6. The van der Waals surface area contributed by atoms with Gasteiger partial charge in [-0.1, -0.05) is 6.58 Å². The smallest absolute Gasteiger partial charge is 0.256 e. The van der Waals surface area contributed by atoms with Crippen LogP contribution in [0, 0.1) is 10.8 Å². The lowest BCUT2D eigenvalue weighted by Gasteiger charge is -2.37. The quantitative estimate of drug-likeness (QED) is 0.421. The van der Waals surface area contributed by atoms with Gasteiger partial charge in [0.05, 0.1) is 0 Å². The van der Waals surface area contributed by atoms with E-state index in [1.807, 2.05) is 18.7 Å². The van der Waals surface area contributed by atoms with Crippen LogP contribution in [-0.4, -0.2) is 77.2 Å². The molecule has 0 atom stereocenters. The van der Waals surface area contributed by atoms with Gasteiger partial charge in [-0.15, -0.1) is 0 Å². The average molecular weight is 468 g/mol. The Bertz CT molecular complexity index is 919. The predicted molar refractivity (Wildman–Crippen MR) is 138 cm³/mol. The summed E-state index contributed by atoms with van der Waals surface area (Å²) in [7, 11) is 0. The molecule has 2 bridgehead atoms. The first-order valence-corrected chi connectivity index (χ1v) is 12.8. The fourth-order valence-corrected chi connectivity index (χ4v) is 6.67. The Hall–Kier alpha value is -2.48. The zero-order chi connectivity index (χ0) is 24.5. The van der Waals surface area contributed by atoms with Crippen molar-refractivity contribution in [3.63, 3.8) is 0 Å². The van der Waals surface area contributed by atoms with Gasteiger partial charge in [-0.3, -0.25) is 14.7 Å². The van der Waals surface area contributed by atoms with Crippen LogP contribution in [0.4, 0.5) is 0 Å². The molecule has 1 saturated heterocycles. The number of fused-ring (bicyclic) bond motifs is 2. The highest BCUT2D eigenvalue weighted by Crippen LogP contribution is 2.60. The van der Waals surface area contributed by atoms with Crippen molar-refractivity contribution in [2.75, 3.05) is 32.7 Å². The van der Waals surface area contributed by atoms with E-state index < -0.39 is 0 Å². The second-order valence-corrected chi connectivity index (χ2v) is 10.6. The monoisotopic (exact) mass is 467 g/mol. The molecule has 2 heterocycles. The summed E-state index contributed by atoms with van der Waals surface area (Å²) in [5.41, 5.74) is 2.12. The largest absolute Gasteiger partial charge is 0.352 e. The van der Waals surface area contributed by atoms with E-state index in [-0.39, 0.29) is 17.2 Å². The fraction of sp³-hybridized carbons (Fsp3) is 0.692. The van der Waals surface area contributed by atoms with Crippen molar-refractivity contribution in [2.45, 2.75) is 77.7 Å². The van der Waals surface area contributed by atoms with Crippen LogP contribution in [-0.2, 0) is 4.79 Å². The molecule has 0 aromatic carbocycles. The summed E-state index contributed by atoms with van der Waals surface area (Å²) >= 11 is 0. The van der Waals surface area contributed by atoms with Gasteiger partial charge in [0.15, 0.2) is 0 Å². The lowest BCUT2D eigenvalue weighted by molar-refractivity contribution is -0.117. The van der Waals surface area contributed by atoms with Gasteiger partial charge in [-0.25, -0.2) is 4.99 Å². The van der Waals surface area contributed by atoms with Gasteiger partial charge in [-0.05, 0) is 90.9 Å². The van der Waals surface area contributed by atoms with Crippen molar-refractivity contribution in [3.05, 3.63) is 23.7 Å². The number of aliphatic imine (C=N–C) groups is 1. The first-order chi connectivity index (χ1) is 16.2. The van der Waals surface area contributed by atoms with Gasteiger partial charge >= 0.3 is 0 Å². The van der Waals surface area contributed by atoms with E-state index in [1.165, 1.54) is 58.0 Å². The molecular weight excluding hydrogens is 426 g/mol. The Morgan fingerprint density at radius 3 is 2.47 bits per heavy atom. The lowest BCUT2D eigenvalue weighted by atomic mass is 9.83. The van der Waals surface area contributed by atoms with Crippen molar-refractivity contribution >= 4 is 24.2 Å². The lowest BCUT2D eigenvalue weighted by Crippen LogP contribution is -2.43. The number of likely N-dealkylation sites (N-methyl/N-ethyl adjacent to an activating group) is 1. The Labute approximate surface area is 204 Å². The average Bonchev–Trinajstić information content (AvgIpc) is 3.52. The molecule has 2 aliphatic heterocycles. The third kappa shape index (κ3) is 4.44. The van der Waals surface area contributed by atoms with E-state index in [4.69, 9.17) is 10.5 Å². The number of amides is 1. The van der Waals surface area contributed by atoms with E-state index in [9.17, 15) is 4.79 Å². The van der Waals surface area contributed by atoms with Gasteiger partial charge in [0.25, 0.3) is 5.91 Å². The van der Waals surface area contributed by atoms with E-state index in [0.29, 0.717) is 36.3 Å². The molecule has 2 saturated carbocycles. The molecule has 0 spiro atoms. The molecule has 2 aliphatic carbocycles. The summed E-state index contributed by atoms with van der Waals surface area (Å²) in [6.45, 7) is 18.0. The van der Waals surface area contributed by atoms with Crippen LogP contribution in [0.1, 0.15) is 72.1 Å². The standard InChI is InChI=1S/C26H41N7O/c1-6-29-24(34)22(20(3)27)23(28-5)32-16-9-19(2)33(30-21(32)4)18-25-10-12-26(17-25,13-11-25)31-14-7-8-15-31/h27H,2,5-18H2,1,3-4H3,(H,29,34)/b23-22+,27-20?. The number of nitrogens with zero attached hydrogens (tertiary/aromatic N) is 5. The molecular formula is C26H41N7O. The highest BCUT2D eigenvalue weighted by Gasteiger charge is 2.57. The van der Waals surface area contributed by atoms with Crippen molar-refractivity contribution in [1.29, 1.82) is 5.41 Å². The highest BCUT2D eigenvalue weighted by atomic mass is 16.1. The second kappa shape index (κ2) is 9.64. The number of rotatable bonds is 8. The molecule has 186 valence electrons. The highest BCUT2D eigenvalue weighted by molar-refractivity contribution is 6.20. The predicted octanol–water partition coefficient (Wildman–Crippen LogP) is 3.73. The molecule has 0 radical (unpaired) electrons. The Kier molecular flexibility index (Phi) is 6.99. The molecule has 1 amide bonds. The summed E-state index contributed by atoms with van der Waals surface area (Å²) in [5.74, 6) is 0.837. The minimum Gasteiger partial charge on any atom is -0.352 e. The first-order valence-electron chi connectivity index (χ1n) is 12.8. The molecule has 34 heavy (non-hydrogen) atoms. The normalized spacial score (nSPS) is 30.2. The maximum Gasteiger partial charge on any atom is 0.256 e. The van der Waals surface area contributed by atoms with Gasteiger partial charge in [-0.2, -0.15) is 5.10 Å². The van der Waals surface area contributed by atoms with Crippen molar-refractivity contribution in [2.24, 2.45) is 15.5 Å². The Morgan fingerprint density at radius 2 is 1.88 bits per heavy atom. The molecule has 8 heteroatoms. The van der Waals surface area contributed by atoms with Crippen molar-refractivity contribution in [1.82, 2.24) is 20.1 Å². The minimum absolute atomic E-state index is 0.162. The number of hydrogen-bond donors (Lipinski definition) is 2. The number of hydrogen-bond acceptors (Lipinski definition) is 7. The number of hydrazone groups is 1. The van der Waals surface area contributed by atoms with Gasteiger partial charge in [0, 0.05) is 43.0 Å². The van der Waals surface area contributed by atoms with Crippen LogP contribution in [0.25, 0.3) is 0 Å². The van der Waals surface area contributed by atoms with E-state index in [0.717, 1.165) is 18.1 Å². The molecule has 2 N–H and O–H groups in total. The van der Waals surface area contributed by atoms with Gasteiger partial charge in [0.1, 0.15) is 17.2 Å². The SMILES string of the molecule is C=N/C(=C(/C(C)=N)C(=O)NCC)N1CCC(=C)N(CC23CCC(N4CCCC4)(CC2)C3)N=C1C. The van der Waals surface area contributed by atoms with Gasteiger partial charge < -0.3 is 15.6 Å². The fourth-order valence-electron chi connectivity index (χ4n) is 6.67. The van der Waals surface area contributed by atoms with Gasteiger partial charge in [0.2, 0.25) is 0 Å². The van der Waals surface area contributed by atoms with Crippen LogP contribution in [0.15, 0.2) is 33.8 Å². The third-order valence-corrected chi connectivity index (χ3v) is 8.42. The van der Waals surface area contributed by atoms with Crippen LogP contribution >= 0.6 is 0 Å². The zero-order valence-corrected chi connectivity index (χ0v) is 21.3. The maximum absolute atomic E-state index is 12.7. The minimum atomic E-state index is -0.306. The number of likely N-dealkylation sites (tertiary alicyclic amines) is 1. The zero-order valence-electron chi connectivity index (χ0n) is 21.3. The van der Waals surface area contributed by atoms with Crippen LogP contribution in [0.3, 0.4) is 0 Å². The molecule has 3 fully saturated rings. The number of carbonyl (C=O) groups excluding carboxylic acids is 1. The molecule has 8 nitrogen and oxygen atoms in total.